The van der Waals surface area contributed by atoms with Crippen LogP contribution in [0.3, 0.4) is 0 Å². The SMILES string of the molecule is NCC(NC(=O)NCc1cc2cc(Br)ccc2o1)C(F)(F)F. The molecule has 9 heteroatoms. The fourth-order valence-electron chi connectivity index (χ4n) is 1.81. The first-order valence-electron chi connectivity index (χ1n) is 6.28. The number of urea groups is 1. The summed E-state index contributed by atoms with van der Waals surface area (Å²) in [5.74, 6) is 0.430. The predicted molar refractivity (Wildman–Crippen MR) is 78.2 cm³/mol. The number of alkyl halides is 3. The molecule has 0 bridgehead atoms. The molecule has 4 N–H and O–H groups in total. The number of hydrogen-bond acceptors (Lipinski definition) is 3. The van der Waals surface area contributed by atoms with Crippen LogP contribution in [-0.4, -0.2) is 24.8 Å². The van der Waals surface area contributed by atoms with Crippen molar-refractivity contribution in [3.8, 4) is 0 Å². The average Bonchev–Trinajstić information content (AvgIpc) is 2.83. The number of carbonyl (C=O) groups is 1. The summed E-state index contributed by atoms with van der Waals surface area (Å²) in [4.78, 5) is 11.5. The number of hydrogen-bond donors (Lipinski definition) is 3. The van der Waals surface area contributed by atoms with Crippen molar-refractivity contribution in [2.24, 2.45) is 5.73 Å². The van der Waals surface area contributed by atoms with Crippen LogP contribution in [0, 0.1) is 0 Å². The van der Waals surface area contributed by atoms with E-state index in [-0.39, 0.29) is 6.54 Å². The second-order valence-corrected chi connectivity index (χ2v) is 5.47. The molecule has 1 aromatic carbocycles. The van der Waals surface area contributed by atoms with Gasteiger partial charge in [-0.25, -0.2) is 4.79 Å². The minimum absolute atomic E-state index is 0.0344. The molecule has 0 fully saturated rings. The molecule has 0 aliphatic carbocycles. The van der Waals surface area contributed by atoms with E-state index in [1.165, 1.54) is 0 Å². The lowest BCUT2D eigenvalue weighted by Crippen LogP contribution is -2.52. The standard InChI is InChI=1S/C13H13BrF3N3O2/c14-8-1-2-10-7(3-8)4-9(22-10)6-19-12(21)20-11(5-18)13(15,16)17/h1-4,11H,5-6,18H2,(H2,19,20,21). The van der Waals surface area contributed by atoms with Crippen LogP contribution in [0.15, 0.2) is 33.2 Å². The largest absolute Gasteiger partial charge is 0.459 e. The molecule has 5 nitrogen and oxygen atoms in total. The van der Waals surface area contributed by atoms with Gasteiger partial charge in [0, 0.05) is 16.4 Å². The van der Waals surface area contributed by atoms with Crippen LogP contribution >= 0.6 is 15.9 Å². The molecule has 1 aromatic heterocycles. The topological polar surface area (TPSA) is 80.3 Å². The van der Waals surface area contributed by atoms with Crippen LogP contribution in [0.4, 0.5) is 18.0 Å². The molecule has 1 heterocycles. The Kier molecular flexibility index (Phi) is 4.97. The predicted octanol–water partition coefficient (Wildman–Crippen LogP) is 2.88. The van der Waals surface area contributed by atoms with Crippen LogP contribution in [0.25, 0.3) is 11.0 Å². The van der Waals surface area contributed by atoms with E-state index in [9.17, 15) is 18.0 Å². The van der Waals surface area contributed by atoms with E-state index in [2.05, 4.69) is 21.2 Å². The lowest BCUT2D eigenvalue weighted by molar-refractivity contribution is -0.150. The van der Waals surface area contributed by atoms with Crippen molar-refractivity contribution >= 4 is 32.9 Å². The summed E-state index contributed by atoms with van der Waals surface area (Å²) in [6.45, 7) is -0.761. The van der Waals surface area contributed by atoms with Crippen molar-refractivity contribution in [2.75, 3.05) is 6.54 Å². The van der Waals surface area contributed by atoms with Crippen LogP contribution in [-0.2, 0) is 6.54 Å². The van der Waals surface area contributed by atoms with Gasteiger partial charge in [0.25, 0.3) is 0 Å². The number of nitrogens with two attached hydrogens (primary N) is 1. The fraction of sp³-hybridized carbons (Fsp3) is 0.308. The maximum atomic E-state index is 12.5. The summed E-state index contributed by atoms with van der Waals surface area (Å²) < 4.78 is 43.8. The summed E-state index contributed by atoms with van der Waals surface area (Å²) >= 11 is 3.32. The highest BCUT2D eigenvalue weighted by atomic mass is 79.9. The normalized spacial score (nSPS) is 13.1. The number of furan rings is 1. The van der Waals surface area contributed by atoms with Gasteiger partial charge >= 0.3 is 12.2 Å². The van der Waals surface area contributed by atoms with Gasteiger partial charge in [-0.05, 0) is 24.3 Å². The summed E-state index contributed by atoms with van der Waals surface area (Å²) in [7, 11) is 0. The Morgan fingerprint density at radius 2 is 2.09 bits per heavy atom. The maximum Gasteiger partial charge on any atom is 0.409 e. The Bertz CT molecular complexity index is 672. The van der Waals surface area contributed by atoms with Gasteiger partial charge in [0.15, 0.2) is 0 Å². The summed E-state index contributed by atoms with van der Waals surface area (Å²) in [6, 6.07) is 4.02. The van der Waals surface area contributed by atoms with Crippen molar-refractivity contribution in [3.63, 3.8) is 0 Å². The first kappa shape index (κ1) is 16.6. The molecule has 0 saturated heterocycles. The monoisotopic (exact) mass is 379 g/mol. The molecule has 0 radical (unpaired) electrons. The molecule has 0 saturated carbocycles. The molecule has 0 aliphatic rings. The zero-order valence-corrected chi connectivity index (χ0v) is 12.8. The second kappa shape index (κ2) is 6.57. The van der Waals surface area contributed by atoms with Crippen LogP contribution in [0.2, 0.25) is 0 Å². The first-order valence-corrected chi connectivity index (χ1v) is 7.08. The number of fused-ring (bicyclic) bond motifs is 1. The van der Waals surface area contributed by atoms with Crippen molar-refractivity contribution in [3.05, 3.63) is 34.5 Å². The minimum atomic E-state index is -4.59. The van der Waals surface area contributed by atoms with Gasteiger partial charge < -0.3 is 20.8 Å². The number of halogens is 4. The third-order valence-electron chi connectivity index (χ3n) is 2.89. The van der Waals surface area contributed by atoms with E-state index in [1.807, 2.05) is 6.07 Å². The fourth-order valence-corrected chi connectivity index (χ4v) is 2.19. The van der Waals surface area contributed by atoms with Gasteiger partial charge in [-0.1, -0.05) is 15.9 Å². The Balaban J connectivity index is 1.95. The van der Waals surface area contributed by atoms with Crippen molar-refractivity contribution < 1.29 is 22.4 Å². The highest BCUT2D eigenvalue weighted by Crippen LogP contribution is 2.23. The summed E-state index contributed by atoms with van der Waals surface area (Å²) in [5, 5.41) is 4.89. The summed E-state index contributed by atoms with van der Waals surface area (Å²) in [6.07, 6.45) is -4.59. The molecular formula is C13H13BrF3N3O2. The molecular weight excluding hydrogens is 367 g/mol. The van der Waals surface area contributed by atoms with E-state index in [0.29, 0.717) is 11.3 Å². The molecule has 2 aromatic rings. The Morgan fingerprint density at radius 1 is 1.36 bits per heavy atom. The average molecular weight is 380 g/mol. The van der Waals surface area contributed by atoms with E-state index < -0.39 is 24.8 Å². The molecule has 120 valence electrons. The molecule has 1 atom stereocenters. The highest BCUT2D eigenvalue weighted by molar-refractivity contribution is 9.10. The summed E-state index contributed by atoms with van der Waals surface area (Å²) in [5.41, 5.74) is 5.62. The van der Waals surface area contributed by atoms with Gasteiger partial charge in [0.05, 0.1) is 6.54 Å². The molecule has 1 unspecified atom stereocenters. The van der Waals surface area contributed by atoms with E-state index in [4.69, 9.17) is 10.2 Å². The highest BCUT2D eigenvalue weighted by Gasteiger charge is 2.39. The number of amides is 2. The molecule has 22 heavy (non-hydrogen) atoms. The number of carbonyl (C=O) groups excluding carboxylic acids is 1. The van der Waals surface area contributed by atoms with Crippen molar-refractivity contribution in [1.29, 1.82) is 0 Å². The zero-order valence-electron chi connectivity index (χ0n) is 11.2. The molecule has 0 spiro atoms. The lowest BCUT2D eigenvalue weighted by atomic mass is 10.2. The van der Waals surface area contributed by atoms with Gasteiger partial charge in [0.2, 0.25) is 0 Å². The smallest absolute Gasteiger partial charge is 0.409 e. The Hall–Kier alpha value is -1.74. The number of benzene rings is 1. The van der Waals surface area contributed by atoms with E-state index in [1.54, 1.807) is 23.5 Å². The Morgan fingerprint density at radius 3 is 2.73 bits per heavy atom. The maximum absolute atomic E-state index is 12.5. The Labute approximate surface area is 132 Å². The number of nitrogens with one attached hydrogen (secondary N) is 2. The van der Waals surface area contributed by atoms with Gasteiger partial charge in [-0.2, -0.15) is 13.2 Å². The third-order valence-corrected chi connectivity index (χ3v) is 3.38. The lowest BCUT2D eigenvalue weighted by Gasteiger charge is -2.19. The van der Waals surface area contributed by atoms with Crippen molar-refractivity contribution in [2.45, 2.75) is 18.8 Å². The molecule has 2 rings (SSSR count). The van der Waals surface area contributed by atoms with E-state index in [0.717, 1.165) is 9.86 Å². The van der Waals surface area contributed by atoms with Gasteiger partial charge in [-0.3, -0.25) is 0 Å². The zero-order chi connectivity index (χ0) is 16.3. The van der Waals surface area contributed by atoms with Gasteiger partial charge in [0.1, 0.15) is 17.4 Å². The first-order chi connectivity index (χ1) is 10.3. The van der Waals surface area contributed by atoms with Crippen LogP contribution < -0.4 is 16.4 Å². The quantitative estimate of drug-likeness (QED) is 0.763. The van der Waals surface area contributed by atoms with Crippen LogP contribution in [0.5, 0.6) is 0 Å². The van der Waals surface area contributed by atoms with Crippen LogP contribution in [0.1, 0.15) is 5.76 Å². The number of rotatable bonds is 4. The van der Waals surface area contributed by atoms with Gasteiger partial charge in [-0.15, -0.1) is 0 Å². The third kappa shape index (κ3) is 4.14. The molecule has 2 amide bonds. The molecule has 0 aliphatic heterocycles. The van der Waals surface area contributed by atoms with Crippen molar-refractivity contribution in [1.82, 2.24) is 10.6 Å². The minimum Gasteiger partial charge on any atom is -0.459 e. The second-order valence-electron chi connectivity index (χ2n) is 4.55. The van der Waals surface area contributed by atoms with E-state index >= 15 is 0 Å².